The van der Waals surface area contributed by atoms with E-state index in [-0.39, 0.29) is 11.7 Å². The van der Waals surface area contributed by atoms with E-state index in [9.17, 15) is 9.90 Å². The van der Waals surface area contributed by atoms with Gasteiger partial charge < -0.3 is 14.7 Å². The Bertz CT molecular complexity index is 419. The van der Waals surface area contributed by atoms with Gasteiger partial charge in [-0.3, -0.25) is 4.79 Å². The van der Waals surface area contributed by atoms with Crippen LogP contribution >= 0.6 is 0 Å². The lowest BCUT2D eigenvalue weighted by Gasteiger charge is -2.15. The minimum absolute atomic E-state index is 0.206. The second kappa shape index (κ2) is 5.87. The summed E-state index contributed by atoms with van der Waals surface area (Å²) in [6.45, 7) is 2.05. The Morgan fingerprint density at radius 1 is 1.50 bits per heavy atom. The van der Waals surface area contributed by atoms with E-state index >= 15 is 0 Å². The van der Waals surface area contributed by atoms with Gasteiger partial charge in [0.15, 0.2) is 0 Å². The highest BCUT2D eigenvalue weighted by Gasteiger charge is 2.29. The van der Waals surface area contributed by atoms with E-state index in [1.54, 1.807) is 19.2 Å². The predicted octanol–water partition coefficient (Wildman–Crippen LogP) is 1.43. The number of amides is 1. The van der Waals surface area contributed by atoms with Crippen molar-refractivity contribution >= 4 is 5.91 Å². The summed E-state index contributed by atoms with van der Waals surface area (Å²) in [6, 6.07) is 7.25. The summed E-state index contributed by atoms with van der Waals surface area (Å²) < 4.78 is 4.99. The molecule has 1 atom stereocenters. The molecular weight excluding hydrogens is 230 g/mol. The molecule has 0 aromatic heterocycles. The van der Waals surface area contributed by atoms with Crippen LogP contribution in [0.15, 0.2) is 24.3 Å². The Balaban J connectivity index is 1.90. The number of hydrogen-bond donors (Lipinski definition) is 1. The van der Waals surface area contributed by atoms with Crippen LogP contribution in [-0.2, 0) is 16.0 Å². The van der Waals surface area contributed by atoms with Gasteiger partial charge in [0.05, 0.1) is 6.61 Å². The fraction of sp³-hybridized carbons (Fsp3) is 0.500. The zero-order chi connectivity index (χ0) is 13.0. The lowest BCUT2D eigenvalue weighted by atomic mass is 9.98. The molecule has 4 nitrogen and oxygen atoms in total. The van der Waals surface area contributed by atoms with Crippen LogP contribution in [-0.4, -0.2) is 42.7 Å². The number of hydrogen-bond acceptors (Lipinski definition) is 3. The van der Waals surface area contributed by atoms with Crippen molar-refractivity contribution in [3.8, 4) is 5.75 Å². The van der Waals surface area contributed by atoms with Crippen molar-refractivity contribution in [3.63, 3.8) is 0 Å². The second-order valence-electron chi connectivity index (χ2n) is 4.78. The normalized spacial score (nSPS) is 19.5. The monoisotopic (exact) mass is 249 g/mol. The third-order valence-electron chi connectivity index (χ3n) is 3.29. The van der Waals surface area contributed by atoms with E-state index in [1.807, 2.05) is 17.0 Å². The maximum atomic E-state index is 11.8. The Hall–Kier alpha value is -1.55. The molecule has 1 aromatic rings. The first-order valence-corrected chi connectivity index (χ1v) is 6.23. The maximum Gasteiger partial charge on any atom is 0.223 e. The summed E-state index contributed by atoms with van der Waals surface area (Å²) in [6.07, 6.45) is 1.43. The first-order valence-electron chi connectivity index (χ1n) is 6.23. The number of rotatable bonds is 5. The van der Waals surface area contributed by atoms with Crippen molar-refractivity contribution in [1.82, 2.24) is 4.90 Å². The quantitative estimate of drug-likeness (QED) is 0.858. The first kappa shape index (κ1) is 12.9. The zero-order valence-electron chi connectivity index (χ0n) is 10.6. The van der Waals surface area contributed by atoms with Crippen molar-refractivity contribution in [2.45, 2.75) is 12.8 Å². The van der Waals surface area contributed by atoms with Crippen molar-refractivity contribution in [2.75, 3.05) is 26.8 Å². The molecule has 0 saturated carbocycles. The van der Waals surface area contributed by atoms with E-state index in [0.717, 1.165) is 18.5 Å². The van der Waals surface area contributed by atoms with Crippen LogP contribution in [0, 0.1) is 5.92 Å². The second-order valence-corrected chi connectivity index (χ2v) is 4.78. The highest BCUT2D eigenvalue weighted by molar-refractivity contribution is 5.78. The lowest BCUT2D eigenvalue weighted by molar-refractivity contribution is -0.128. The Morgan fingerprint density at radius 3 is 3.06 bits per heavy atom. The van der Waals surface area contributed by atoms with Gasteiger partial charge in [0.1, 0.15) is 5.75 Å². The molecule has 1 amide bonds. The number of carbonyl (C=O) groups is 1. The van der Waals surface area contributed by atoms with Gasteiger partial charge in [-0.05, 0) is 30.0 Å². The summed E-state index contributed by atoms with van der Waals surface area (Å²) in [5, 5.41) is 9.41. The summed E-state index contributed by atoms with van der Waals surface area (Å²) in [7, 11) is 1.64. The third kappa shape index (κ3) is 3.23. The van der Waals surface area contributed by atoms with Crippen LogP contribution in [0.25, 0.3) is 0 Å². The summed E-state index contributed by atoms with van der Waals surface area (Å²) >= 11 is 0. The molecule has 1 fully saturated rings. The standard InChI is InChI=1S/C14H19NO3/c1-18-6-5-15-10-12(9-14(15)17)7-11-3-2-4-13(16)8-11/h2-4,8,12,16H,5-7,9-10H2,1H3/t12-/m1/s1. The largest absolute Gasteiger partial charge is 0.508 e. The predicted molar refractivity (Wildman–Crippen MR) is 68.4 cm³/mol. The molecule has 1 aliphatic rings. The molecule has 0 radical (unpaired) electrons. The van der Waals surface area contributed by atoms with E-state index in [0.29, 0.717) is 25.5 Å². The van der Waals surface area contributed by atoms with Crippen LogP contribution in [0.1, 0.15) is 12.0 Å². The van der Waals surface area contributed by atoms with E-state index < -0.39 is 0 Å². The van der Waals surface area contributed by atoms with Crippen molar-refractivity contribution in [2.24, 2.45) is 5.92 Å². The van der Waals surface area contributed by atoms with Crippen LogP contribution in [0.2, 0.25) is 0 Å². The van der Waals surface area contributed by atoms with Crippen LogP contribution < -0.4 is 0 Å². The minimum Gasteiger partial charge on any atom is -0.508 e. The van der Waals surface area contributed by atoms with Crippen molar-refractivity contribution < 1.29 is 14.6 Å². The van der Waals surface area contributed by atoms with E-state index in [4.69, 9.17) is 4.74 Å². The van der Waals surface area contributed by atoms with Crippen molar-refractivity contribution in [3.05, 3.63) is 29.8 Å². The Morgan fingerprint density at radius 2 is 2.33 bits per heavy atom. The number of benzene rings is 1. The number of phenols is 1. The van der Waals surface area contributed by atoms with Gasteiger partial charge in [0, 0.05) is 26.6 Å². The smallest absolute Gasteiger partial charge is 0.223 e. The molecule has 4 heteroatoms. The number of aromatic hydroxyl groups is 1. The molecule has 98 valence electrons. The molecule has 1 aliphatic heterocycles. The van der Waals surface area contributed by atoms with Gasteiger partial charge >= 0.3 is 0 Å². The number of ether oxygens (including phenoxy) is 1. The average molecular weight is 249 g/mol. The summed E-state index contributed by atoms with van der Waals surface area (Å²) in [5.74, 6) is 0.835. The van der Waals surface area contributed by atoms with Gasteiger partial charge in [0.2, 0.25) is 5.91 Å². The molecule has 0 spiro atoms. The first-order chi connectivity index (χ1) is 8.69. The fourth-order valence-corrected chi connectivity index (χ4v) is 2.43. The molecule has 1 saturated heterocycles. The fourth-order valence-electron chi connectivity index (χ4n) is 2.43. The number of methoxy groups -OCH3 is 1. The molecule has 1 N–H and O–H groups in total. The Labute approximate surface area is 107 Å². The zero-order valence-corrected chi connectivity index (χ0v) is 10.6. The van der Waals surface area contributed by atoms with E-state index in [1.165, 1.54) is 0 Å². The molecule has 18 heavy (non-hydrogen) atoms. The molecule has 1 aromatic carbocycles. The average Bonchev–Trinajstić information content (AvgIpc) is 2.67. The van der Waals surface area contributed by atoms with Crippen molar-refractivity contribution in [1.29, 1.82) is 0 Å². The van der Waals surface area contributed by atoms with Gasteiger partial charge in [-0.2, -0.15) is 0 Å². The highest BCUT2D eigenvalue weighted by Crippen LogP contribution is 2.23. The summed E-state index contributed by atoms with van der Waals surface area (Å²) in [4.78, 5) is 13.6. The molecule has 1 heterocycles. The number of nitrogens with zero attached hydrogens (tertiary/aromatic N) is 1. The van der Waals surface area contributed by atoms with E-state index in [2.05, 4.69) is 0 Å². The SMILES string of the molecule is COCCN1C[C@H](Cc2cccc(O)c2)CC1=O. The molecule has 0 bridgehead atoms. The third-order valence-corrected chi connectivity index (χ3v) is 3.29. The van der Waals surface area contributed by atoms with Gasteiger partial charge in [-0.15, -0.1) is 0 Å². The number of phenolic OH excluding ortho intramolecular Hbond substituents is 1. The molecule has 0 aliphatic carbocycles. The van der Waals surface area contributed by atoms with Gasteiger partial charge in [-0.25, -0.2) is 0 Å². The molecular formula is C14H19NO3. The Kier molecular flexibility index (Phi) is 4.20. The number of likely N-dealkylation sites (tertiary alicyclic amines) is 1. The highest BCUT2D eigenvalue weighted by atomic mass is 16.5. The minimum atomic E-state index is 0.206. The topological polar surface area (TPSA) is 49.8 Å². The van der Waals surface area contributed by atoms with Crippen LogP contribution in [0.4, 0.5) is 0 Å². The summed E-state index contributed by atoms with van der Waals surface area (Å²) in [5.41, 5.74) is 1.08. The van der Waals surface area contributed by atoms with Crippen LogP contribution in [0.5, 0.6) is 5.75 Å². The number of carbonyl (C=O) groups excluding carboxylic acids is 1. The lowest BCUT2D eigenvalue weighted by Crippen LogP contribution is -2.28. The van der Waals surface area contributed by atoms with Crippen LogP contribution in [0.3, 0.4) is 0 Å². The molecule has 2 rings (SSSR count). The maximum absolute atomic E-state index is 11.8. The van der Waals surface area contributed by atoms with Gasteiger partial charge in [-0.1, -0.05) is 12.1 Å². The molecule has 0 unspecified atom stereocenters. The van der Waals surface area contributed by atoms with Gasteiger partial charge in [0.25, 0.3) is 0 Å².